The molecule has 328 valence electrons. The lowest BCUT2D eigenvalue weighted by Crippen LogP contribution is -2.47. The van der Waals surface area contributed by atoms with Gasteiger partial charge in [-0.15, -0.1) is 0 Å². The van der Waals surface area contributed by atoms with Gasteiger partial charge in [-0.3, -0.25) is 9.78 Å². The summed E-state index contributed by atoms with van der Waals surface area (Å²) in [5.41, 5.74) is -3.16. The number of alkyl halides is 3. The van der Waals surface area contributed by atoms with Gasteiger partial charge < -0.3 is 19.5 Å². The molecule has 1 aromatic heterocycles. The van der Waals surface area contributed by atoms with Crippen molar-refractivity contribution in [2.24, 2.45) is 0 Å². The van der Waals surface area contributed by atoms with E-state index in [1.54, 1.807) is 6.20 Å². The number of carbonyl (C=O) groups is 1. The van der Waals surface area contributed by atoms with Crippen LogP contribution in [0.2, 0.25) is 10.0 Å². The van der Waals surface area contributed by atoms with E-state index in [0.717, 1.165) is 22.1 Å². The van der Waals surface area contributed by atoms with Crippen molar-refractivity contribution < 1.29 is 40.6 Å². The predicted molar refractivity (Wildman–Crippen MR) is 232 cm³/mol. The average Bonchev–Trinajstić information content (AvgIpc) is 3.18. The first kappa shape index (κ1) is 47.4. The molecule has 0 saturated carbocycles. The Hall–Kier alpha value is -3.62. The fraction of sp³-hybridized carbons (Fsp3) is 0.511. The molecule has 0 bridgehead atoms. The van der Waals surface area contributed by atoms with Crippen LogP contribution in [0.15, 0.2) is 72.9 Å². The molecule has 9 nitrogen and oxygen atoms in total. The number of nitrogens with one attached hydrogen (secondary N) is 1. The Bertz CT molecular complexity index is 2150. The summed E-state index contributed by atoms with van der Waals surface area (Å²) in [6.07, 6.45) is 4.57. The molecule has 2 heterocycles. The van der Waals surface area contributed by atoms with Gasteiger partial charge in [-0.25, -0.2) is 8.42 Å². The Labute approximate surface area is 362 Å². The number of hydrogen-bond donors (Lipinski definition) is 1. The number of fused-ring (bicyclic) bond motifs is 1. The smallest absolute Gasteiger partial charge is 0.485 e. The zero-order valence-electron chi connectivity index (χ0n) is 35.3. The largest absolute Gasteiger partial charge is 0.511 e. The Balaban J connectivity index is 1.50. The van der Waals surface area contributed by atoms with Crippen molar-refractivity contribution >= 4 is 55.8 Å². The van der Waals surface area contributed by atoms with E-state index in [1.165, 1.54) is 0 Å². The number of sulfonamides is 1. The number of anilines is 1. The second-order valence-corrected chi connectivity index (χ2v) is 19.8. The number of hydrogen-bond acceptors (Lipinski definition) is 8. The van der Waals surface area contributed by atoms with Crippen LogP contribution in [0.25, 0.3) is 10.9 Å². The van der Waals surface area contributed by atoms with Gasteiger partial charge in [0.1, 0.15) is 22.5 Å². The van der Waals surface area contributed by atoms with Gasteiger partial charge in [0.2, 0.25) is 0 Å². The van der Waals surface area contributed by atoms with Gasteiger partial charge in [0, 0.05) is 65.2 Å². The Morgan fingerprint density at radius 1 is 0.850 bits per heavy atom. The molecule has 3 aromatic carbocycles. The lowest BCUT2D eigenvalue weighted by Gasteiger charge is -2.34. The lowest BCUT2D eigenvalue weighted by molar-refractivity contribution is -0.157. The Kier molecular flexibility index (Phi) is 15.2. The molecular weight excluding hydrogens is 838 g/mol. The van der Waals surface area contributed by atoms with E-state index in [2.05, 4.69) is 5.32 Å². The zero-order valence-corrected chi connectivity index (χ0v) is 37.6. The minimum Gasteiger partial charge on any atom is -0.485 e. The van der Waals surface area contributed by atoms with Crippen molar-refractivity contribution in [3.05, 3.63) is 99.7 Å². The van der Waals surface area contributed by atoms with Gasteiger partial charge in [-0.05, 0) is 126 Å². The first-order valence-corrected chi connectivity index (χ1v) is 22.6. The number of aromatic nitrogens is 1. The molecule has 1 N–H and O–H groups in total. The highest BCUT2D eigenvalue weighted by Gasteiger charge is 2.50. The minimum absolute atomic E-state index is 0.169. The van der Waals surface area contributed by atoms with E-state index in [9.17, 15) is 26.4 Å². The predicted octanol–water partition coefficient (Wildman–Crippen LogP) is 11.7. The van der Waals surface area contributed by atoms with E-state index >= 15 is 0 Å². The molecular formula is C45H56Cl2F3N3O6S. The molecule has 1 fully saturated rings. The number of rotatable bonds is 17. The second kappa shape index (κ2) is 19.2. The molecule has 15 heteroatoms. The van der Waals surface area contributed by atoms with Crippen LogP contribution < -0.4 is 10.1 Å². The summed E-state index contributed by atoms with van der Waals surface area (Å²) in [5, 5.41) is 5.40. The molecule has 0 aliphatic carbocycles. The molecule has 0 amide bonds. The standard InChI is InChI=1S/C45H56Cl2F3N3O6S/c1-8-43(6,22-18-39(54)59-42(3,4)5)57-27-23-44(7,9-2)58-38-29-32(40(30-10-14-33(46)15-11-30)31-12-16-34(47)17-13-31)28-36-37(19-24-51-41(36)38)52-35-20-25-53(26-21-35)60(55,56)45(48,49)50/h10-17,19,24,28-29,35,40H,8-9,18,20-23,25-27H2,1-7H3,(H,51,52). The normalized spacial score (nSPS) is 16.7. The van der Waals surface area contributed by atoms with Gasteiger partial charge >= 0.3 is 21.5 Å². The van der Waals surface area contributed by atoms with Crippen LogP contribution in [0.4, 0.5) is 18.9 Å². The number of ether oxygens (including phenoxy) is 3. The van der Waals surface area contributed by atoms with Crippen LogP contribution in [-0.4, -0.2) is 71.7 Å². The number of esters is 1. The van der Waals surface area contributed by atoms with E-state index in [1.807, 2.05) is 115 Å². The van der Waals surface area contributed by atoms with Crippen molar-refractivity contribution in [2.45, 2.75) is 128 Å². The highest BCUT2D eigenvalue weighted by Crippen LogP contribution is 2.42. The third kappa shape index (κ3) is 12.1. The quantitative estimate of drug-likeness (QED) is 0.0825. The topological polar surface area (TPSA) is 107 Å². The SMILES string of the molecule is CCC(C)(CCC(=O)OC(C)(C)C)OCCC(C)(CC)Oc1cc(C(c2ccc(Cl)cc2)c2ccc(Cl)cc2)cc2c(NC3CCN(S(=O)(=O)C(F)(F)F)CC3)ccnc12. The third-order valence-corrected chi connectivity index (χ3v) is 13.4. The van der Waals surface area contributed by atoms with Crippen LogP contribution in [0.5, 0.6) is 5.75 Å². The van der Waals surface area contributed by atoms with Crippen LogP contribution >= 0.6 is 23.2 Å². The summed E-state index contributed by atoms with van der Waals surface area (Å²) in [6, 6.07) is 20.8. The van der Waals surface area contributed by atoms with Crippen molar-refractivity contribution in [1.29, 1.82) is 0 Å². The fourth-order valence-electron chi connectivity index (χ4n) is 7.30. The summed E-state index contributed by atoms with van der Waals surface area (Å²) in [7, 11) is -5.42. The summed E-state index contributed by atoms with van der Waals surface area (Å²) < 4.78 is 83.9. The Morgan fingerprint density at radius 2 is 1.42 bits per heavy atom. The molecule has 0 spiro atoms. The van der Waals surface area contributed by atoms with Gasteiger partial charge in [-0.1, -0.05) is 61.3 Å². The molecule has 1 aliphatic heterocycles. The van der Waals surface area contributed by atoms with Crippen molar-refractivity contribution in [3.63, 3.8) is 0 Å². The maximum Gasteiger partial charge on any atom is 0.511 e. The van der Waals surface area contributed by atoms with Gasteiger partial charge in [-0.2, -0.15) is 17.5 Å². The zero-order chi connectivity index (χ0) is 44.1. The van der Waals surface area contributed by atoms with Crippen LogP contribution in [-0.2, 0) is 24.3 Å². The maximum absolute atomic E-state index is 13.3. The molecule has 5 rings (SSSR count). The van der Waals surface area contributed by atoms with Crippen LogP contribution in [0.1, 0.15) is 116 Å². The number of benzene rings is 3. The van der Waals surface area contributed by atoms with Gasteiger partial charge in [0.15, 0.2) is 0 Å². The summed E-state index contributed by atoms with van der Waals surface area (Å²) >= 11 is 12.7. The monoisotopic (exact) mass is 893 g/mol. The van der Waals surface area contributed by atoms with E-state index in [0.29, 0.717) is 63.6 Å². The van der Waals surface area contributed by atoms with Gasteiger partial charge in [0.25, 0.3) is 0 Å². The summed E-state index contributed by atoms with van der Waals surface area (Å²) in [6.45, 7) is 13.5. The first-order valence-electron chi connectivity index (χ1n) is 20.4. The highest BCUT2D eigenvalue weighted by atomic mass is 35.5. The van der Waals surface area contributed by atoms with Gasteiger partial charge in [0.05, 0.1) is 12.2 Å². The number of halogens is 5. The van der Waals surface area contributed by atoms with Crippen LogP contribution in [0, 0.1) is 0 Å². The number of carbonyl (C=O) groups excluding carboxylic acids is 1. The molecule has 2 unspecified atom stereocenters. The second-order valence-electron chi connectivity index (χ2n) is 17.0. The molecule has 0 radical (unpaired) electrons. The number of pyridine rings is 1. The Morgan fingerprint density at radius 3 is 1.93 bits per heavy atom. The summed E-state index contributed by atoms with van der Waals surface area (Å²) in [5.74, 6) is -0.0460. The molecule has 1 aliphatic rings. The number of piperidine rings is 1. The molecule has 2 atom stereocenters. The minimum atomic E-state index is -5.42. The fourth-order valence-corrected chi connectivity index (χ4v) is 8.53. The van der Waals surface area contributed by atoms with E-state index in [4.69, 9.17) is 42.4 Å². The van der Waals surface area contributed by atoms with E-state index < -0.39 is 32.3 Å². The third-order valence-electron chi connectivity index (χ3n) is 11.2. The highest BCUT2D eigenvalue weighted by molar-refractivity contribution is 7.90. The maximum atomic E-state index is 13.3. The van der Waals surface area contributed by atoms with Crippen molar-refractivity contribution in [2.75, 3.05) is 25.0 Å². The molecule has 60 heavy (non-hydrogen) atoms. The average molecular weight is 895 g/mol. The molecule has 1 saturated heterocycles. The van der Waals surface area contributed by atoms with Crippen molar-refractivity contribution in [1.82, 2.24) is 9.29 Å². The van der Waals surface area contributed by atoms with Crippen LogP contribution in [0.3, 0.4) is 0 Å². The summed E-state index contributed by atoms with van der Waals surface area (Å²) in [4.78, 5) is 17.3. The molecule has 4 aromatic rings. The van der Waals surface area contributed by atoms with Crippen molar-refractivity contribution in [3.8, 4) is 5.75 Å². The van der Waals surface area contributed by atoms with E-state index in [-0.39, 0.29) is 50.3 Å². The number of nitrogens with zero attached hydrogens (tertiary/aromatic N) is 2. The first-order chi connectivity index (χ1) is 28.0. The lowest BCUT2D eigenvalue weighted by atomic mass is 9.84.